The molecular weight excluding hydrogens is 428 g/mol. The molecule has 0 fully saturated rings. The summed E-state index contributed by atoms with van der Waals surface area (Å²) in [5, 5.41) is 4.00. The Labute approximate surface area is 179 Å². The Kier molecular flexibility index (Phi) is 6.54. The highest BCUT2D eigenvalue weighted by Gasteiger charge is 2.22. The summed E-state index contributed by atoms with van der Waals surface area (Å²) in [4.78, 5) is 13.2. The van der Waals surface area contributed by atoms with Gasteiger partial charge in [0, 0.05) is 28.9 Å². The number of carbonyl (C=O) groups excluding carboxylic acids is 1. The lowest BCUT2D eigenvalue weighted by atomic mass is 10.2. The predicted octanol–water partition coefficient (Wildman–Crippen LogP) is 5.17. The molecule has 0 saturated carbocycles. The third-order valence-electron chi connectivity index (χ3n) is 4.16. The molecular formula is C21H19ClN2O3S2. The fourth-order valence-corrected chi connectivity index (χ4v) is 5.56. The van der Waals surface area contributed by atoms with E-state index in [0.29, 0.717) is 15.6 Å². The number of anilines is 1. The van der Waals surface area contributed by atoms with Gasteiger partial charge in [0.2, 0.25) is 10.0 Å². The molecule has 0 spiro atoms. The number of rotatable bonds is 8. The maximum atomic E-state index is 12.7. The van der Waals surface area contributed by atoms with Crippen molar-refractivity contribution in [1.82, 2.24) is 4.31 Å². The summed E-state index contributed by atoms with van der Waals surface area (Å²) in [6, 6.07) is 13.5. The van der Waals surface area contributed by atoms with E-state index in [1.807, 2.05) is 24.3 Å². The normalized spacial score (nSPS) is 11.5. The van der Waals surface area contributed by atoms with E-state index in [4.69, 9.17) is 11.6 Å². The molecule has 0 aliphatic rings. The lowest BCUT2D eigenvalue weighted by molar-refractivity contribution is 0.103. The van der Waals surface area contributed by atoms with Gasteiger partial charge in [-0.1, -0.05) is 42.0 Å². The van der Waals surface area contributed by atoms with Gasteiger partial charge in [-0.3, -0.25) is 4.79 Å². The van der Waals surface area contributed by atoms with Crippen molar-refractivity contribution in [3.8, 4) is 0 Å². The lowest BCUT2D eigenvalue weighted by Crippen LogP contribution is -2.31. The third kappa shape index (κ3) is 4.43. The monoisotopic (exact) mass is 446 g/mol. The van der Waals surface area contributed by atoms with Gasteiger partial charge in [0.05, 0.1) is 9.92 Å². The van der Waals surface area contributed by atoms with Crippen LogP contribution in [0.15, 0.2) is 78.7 Å². The van der Waals surface area contributed by atoms with Crippen molar-refractivity contribution in [2.24, 2.45) is 0 Å². The second-order valence-electron chi connectivity index (χ2n) is 6.12. The average molecular weight is 447 g/mol. The van der Waals surface area contributed by atoms with Crippen LogP contribution in [0.2, 0.25) is 5.02 Å². The van der Waals surface area contributed by atoms with Crippen LogP contribution in [-0.2, 0) is 10.0 Å². The van der Waals surface area contributed by atoms with Crippen LogP contribution in [0.3, 0.4) is 0 Å². The first-order valence-electron chi connectivity index (χ1n) is 8.69. The summed E-state index contributed by atoms with van der Waals surface area (Å²) in [6.07, 6.45) is 3.04. The number of benzene rings is 2. The van der Waals surface area contributed by atoms with Gasteiger partial charge in [0.1, 0.15) is 4.88 Å². The topological polar surface area (TPSA) is 66.5 Å². The first kappa shape index (κ1) is 21.3. The Morgan fingerprint density at radius 2 is 1.69 bits per heavy atom. The zero-order chi connectivity index (χ0) is 21.0. The summed E-state index contributed by atoms with van der Waals surface area (Å²) in [5.74, 6) is -0.341. The summed E-state index contributed by atoms with van der Waals surface area (Å²) < 4.78 is 27.7. The van der Waals surface area contributed by atoms with Gasteiger partial charge in [-0.2, -0.15) is 4.31 Å². The molecule has 0 saturated heterocycles. The minimum absolute atomic E-state index is 0.124. The molecule has 150 valence electrons. The van der Waals surface area contributed by atoms with Crippen LogP contribution in [0.4, 0.5) is 5.69 Å². The highest BCUT2D eigenvalue weighted by atomic mass is 35.5. The van der Waals surface area contributed by atoms with E-state index >= 15 is 0 Å². The van der Waals surface area contributed by atoms with Crippen molar-refractivity contribution < 1.29 is 13.2 Å². The Bertz CT molecular complexity index is 1160. The van der Waals surface area contributed by atoms with Gasteiger partial charge >= 0.3 is 0 Å². The fraction of sp³-hybridized carbons (Fsp3) is 0.0952. The smallest absolute Gasteiger partial charge is 0.267 e. The molecule has 5 nitrogen and oxygen atoms in total. The van der Waals surface area contributed by atoms with E-state index in [9.17, 15) is 13.2 Å². The highest BCUT2D eigenvalue weighted by Crippen LogP contribution is 2.35. The highest BCUT2D eigenvalue weighted by molar-refractivity contribution is 7.89. The van der Waals surface area contributed by atoms with E-state index in [0.717, 1.165) is 10.1 Å². The number of fused-ring (bicyclic) bond motifs is 1. The van der Waals surface area contributed by atoms with Crippen LogP contribution in [-0.4, -0.2) is 31.7 Å². The van der Waals surface area contributed by atoms with Crippen LogP contribution >= 0.6 is 22.9 Å². The van der Waals surface area contributed by atoms with Crippen molar-refractivity contribution in [2.45, 2.75) is 4.90 Å². The summed E-state index contributed by atoms with van der Waals surface area (Å²) in [5.41, 5.74) is 0.474. The molecule has 0 radical (unpaired) electrons. The average Bonchev–Trinajstić information content (AvgIpc) is 3.05. The maximum Gasteiger partial charge on any atom is 0.267 e. The van der Waals surface area contributed by atoms with E-state index in [-0.39, 0.29) is 23.9 Å². The zero-order valence-electron chi connectivity index (χ0n) is 15.5. The molecule has 2 aromatic carbocycles. The van der Waals surface area contributed by atoms with Crippen molar-refractivity contribution >= 4 is 54.6 Å². The molecule has 1 amide bonds. The number of sulfonamides is 1. The SMILES string of the molecule is C=CCN(CC=C)S(=O)(=O)c1ccc(NC(=O)c2sc3ccccc3c2Cl)cc1. The largest absolute Gasteiger partial charge is 0.321 e. The second kappa shape index (κ2) is 8.92. The summed E-state index contributed by atoms with van der Waals surface area (Å²) in [7, 11) is -3.69. The molecule has 0 bridgehead atoms. The third-order valence-corrected chi connectivity index (χ3v) is 7.68. The Hall–Kier alpha value is -2.45. The Balaban J connectivity index is 1.81. The van der Waals surface area contributed by atoms with Crippen molar-refractivity contribution in [3.63, 3.8) is 0 Å². The molecule has 0 atom stereocenters. The van der Waals surface area contributed by atoms with Gasteiger partial charge in [-0.05, 0) is 30.3 Å². The standard InChI is InChI=1S/C21H19ClN2O3S2/c1-3-13-24(14-4-2)29(26,27)16-11-9-15(10-12-16)23-21(25)20-19(22)17-7-5-6-8-18(17)28-20/h3-12H,1-2,13-14H2,(H,23,25). The number of thiophene rings is 1. The van der Waals surface area contributed by atoms with Crippen LogP contribution in [0.5, 0.6) is 0 Å². The first-order chi connectivity index (χ1) is 13.9. The number of hydrogen-bond acceptors (Lipinski definition) is 4. The lowest BCUT2D eigenvalue weighted by Gasteiger charge is -2.19. The second-order valence-corrected chi connectivity index (χ2v) is 9.49. The molecule has 29 heavy (non-hydrogen) atoms. The van der Waals surface area contributed by atoms with Crippen molar-refractivity contribution in [2.75, 3.05) is 18.4 Å². The minimum atomic E-state index is -3.69. The number of nitrogens with one attached hydrogen (secondary N) is 1. The quantitative estimate of drug-likeness (QED) is 0.485. The molecule has 1 aromatic heterocycles. The Morgan fingerprint density at radius 1 is 1.07 bits per heavy atom. The van der Waals surface area contributed by atoms with Gasteiger partial charge in [0.25, 0.3) is 5.91 Å². The predicted molar refractivity (Wildman–Crippen MR) is 120 cm³/mol. The van der Waals surface area contributed by atoms with Gasteiger partial charge in [0.15, 0.2) is 0 Å². The molecule has 1 N–H and O–H groups in total. The first-order valence-corrected chi connectivity index (χ1v) is 11.3. The molecule has 8 heteroatoms. The molecule has 3 aromatic rings. The van der Waals surface area contributed by atoms with E-state index < -0.39 is 10.0 Å². The Morgan fingerprint density at radius 3 is 2.28 bits per heavy atom. The van der Waals surface area contributed by atoms with Crippen molar-refractivity contribution in [3.05, 3.63) is 83.7 Å². The molecule has 1 heterocycles. The minimum Gasteiger partial charge on any atom is -0.321 e. The van der Waals surface area contributed by atoms with Gasteiger partial charge < -0.3 is 5.32 Å². The van der Waals surface area contributed by atoms with Gasteiger partial charge in [-0.15, -0.1) is 24.5 Å². The maximum absolute atomic E-state index is 12.7. The molecule has 3 rings (SSSR count). The van der Waals surface area contributed by atoms with E-state index in [2.05, 4.69) is 18.5 Å². The number of nitrogens with zero attached hydrogens (tertiary/aromatic N) is 1. The summed E-state index contributed by atoms with van der Waals surface area (Å²) in [6.45, 7) is 7.54. The molecule has 0 unspecified atom stereocenters. The van der Waals surface area contributed by atoms with Crippen LogP contribution in [0, 0.1) is 0 Å². The number of halogens is 1. The van der Waals surface area contributed by atoms with Crippen LogP contribution in [0.1, 0.15) is 9.67 Å². The number of carbonyl (C=O) groups is 1. The number of amides is 1. The zero-order valence-corrected chi connectivity index (χ0v) is 17.9. The fourth-order valence-electron chi connectivity index (χ4n) is 2.77. The summed E-state index contributed by atoms with van der Waals surface area (Å²) >= 11 is 7.65. The van der Waals surface area contributed by atoms with E-state index in [1.54, 1.807) is 12.1 Å². The van der Waals surface area contributed by atoms with E-state index in [1.165, 1.54) is 39.9 Å². The molecule has 0 aliphatic carbocycles. The number of hydrogen-bond donors (Lipinski definition) is 1. The van der Waals surface area contributed by atoms with Crippen LogP contribution in [0.25, 0.3) is 10.1 Å². The van der Waals surface area contributed by atoms with Gasteiger partial charge in [-0.25, -0.2) is 8.42 Å². The van der Waals surface area contributed by atoms with Crippen molar-refractivity contribution in [1.29, 1.82) is 0 Å². The molecule has 0 aliphatic heterocycles. The van der Waals surface area contributed by atoms with Crippen LogP contribution < -0.4 is 5.32 Å².